The molecule has 4 nitrogen and oxygen atoms in total. The maximum absolute atomic E-state index is 12.2. The summed E-state index contributed by atoms with van der Waals surface area (Å²) in [5.41, 5.74) is 0.447. The van der Waals surface area contributed by atoms with E-state index in [2.05, 4.69) is 16.8 Å². The van der Waals surface area contributed by atoms with Gasteiger partial charge in [0.1, 0.15) is 0 Å². The summed E-state index contributed by atoms with van der Waals surface area (Å²) in [7, 11) is 2.25. The van der Waals surface area contributed by atoms with Crippen molar-refractivity contribution in [2.75, 3.05) is 39.9 Å². The van der Waals surface area contributed by atoms with Crippen molar-refractivity contribution in [3.05, 3.63) is 0 Å². The van der Waals surface area contributed by atoms with Gasteiger partial charge in [-0.2, -0.15) is 0 Å². The Kier molecular flexibility index (Phi) is 3.93. The molecular formula is C18H30N2O2. The highest BCUT2D eigenvalue weighted by Crippen LogP contribution is 2.44. The first-order chi connectivity index (χ1) is 10.7. The van der Waals surface area contributed by atoms with Gasteiger partial charge >= 0.3 is 0 Å². The van der Waals surface area contributed by atoms with E-state index in [0.717, 1.165) is 45.1 Å². The van der Waals surface area contributed by atoms with E-state index in [1.165, 1.54) is 38.6 Å². The summed E-state index contributed by atoms with van der Waals surface area (Å²) < 4.78 is 5.94. The zero-order valence-corrected chi connectivity index (χ0v) is 13.9. The lowest BCUT2D eigenvalue weighted by Gasteiger charge is -2.39. The van der Waals surface area contributed by atoms with E-state index in [1.807, 2.05) is 0 Å². The summed E-state index contributed by atoms with van der Waals surface area (Å²) in [6, 6.07) is 0.587. The van der Waals surface area contributed by atoms with E-state index in [4.69, 9.17) is 4.74 Å². The van der Waals surface area contributed by atoms with E-state index in [1.54, 1.807) is 0 Å². The van der Waals surface area contributed by atoms with Crippen LogP contribution in [-0.2, 0) is 9.53 Å². The third-order valence-electron chi connectivity index (χ3n) is 6.30. The molecule has 4 rings (SSSR count). The Hall–Kier alpha value is -0.610. The highest BCUT2D eigenvalue weighted by molar-refractivity contribution is 5.81. The highest BCUT2D eigenvalue weighted by atomic mass is 16.5. The molecule has 4 heteroatoms. The summed E-state index contributed by atoms with van der Waals surface area (Å²) in [6.45, 7) is 5.04. The quantitative estimate of drug-likeness (QED) is 0.780. The fourth-order valence-corrected chi connectivity index (χ4v) is 4.37. The summed E-state index contributed by atoms with van der Waals surface area (Å²) in [4.78, 5) is 16.8. The fourth-order valence-electron chi connectivity index (χ4n) is 4.37. The van der Waals surface area contributed by atoms with Crippen molar-refractivity contribution >= 4 is 5.91 Å². The van der Waals surface area contributed by atoms with Crippen LogP contribution in [0.5, 0.6) is 0 Å². The van der Waals surface area contributed by atoms with Gasteiger partial charge < -0.3 is 14.5 Å². The molecule has 22 heavy (non-hydrogen) atoms. The predicted molar refractivity (Wildman–Crippen MR) is 85.5 cm³/mol. The molecule has 0 aromatic rings. The highest BCUT2D eigenvalue weighted by Gasteiger charge is 2.46. The van der Waals surface area contributed by atoms with Gasteiger partial charge in [-0.25, -0.2) is 0 Å². The summed E-state index contributed by atoms with van der Waals surface area (Å²) >= 11 is 0. The number of hydrogen-bond donors (Lipinski definition) is 0. The largest absolute Gasteiger partial charge is 0.380 e. The van der Waals surface area contributed by atoms with Crippen molar-refractivity contribution in [3.63, 3.8) is 0 Å². The van der Waals surface area contributed by atoms with Gasteiger partial charge in [-0.05, 0) is 63.3 Å². The van der Waals surface area contributed by atoms with Crippen LogP contribution in [0.3, 0.4) is 0 Å². The Labute approximate surface area is 134 Å². The van der Waals surface area contributed by atoms with Crippen LogP contribution < -0.4 is 0 Å². The minimum atomic E-state index is 0.379. The molecule has 2 saturated heterocycles. The van der Waals surface area contributed by atoms with Crippen LogP contribution in [0.15, 0.2) is 0 Å². The fraction of sp³-hybridized carbons (Fsp3) is 0.944. The Morgan fingerprint density at radius 3 is 2.50 bits per heavy atom. The van der Waals surface area contributed by atoms with Crippen LogP contribution in [0.25, 0.3) is 0 Å². The summed E-state index contributed by atoms with van der Waals surface area (Å²) in [6.07, 6.45) is 8.64. The average Bonchev–Trinajstić information content (AvgIpc) is 3.40. The van der Waals surface area contributed by atoms with Crippen LogP contribution in [0.1, 0.15) is 44.9 Å². The lowest BCUT2D eigenvalue weighted by Crippen LogP contribution is -2.44. The normalized spacial score (nSPS) is 31.9. The Morgan fingerprint density at radius 2 is 1.86 bits per heavy atom. The van der Waals surface area contributed by atoms with E-state index in [9.17, 15) is 4.79 Å². The maximum Gasteiger partial charge on any atom is 0.225 e. The first-order valence-electron chi connectivity index (χ1n) is 9.22. The third-order valence-corrected chi connectivity index (χ3v) is 6.30. The van der Waals surface area contributed by atoms with Gasteiger partial charge in [-0.3, -0.25) is 4.79 Å². The molecule has 4 fully saturated rings. The molecule has 4 aliphatic rings. The number of likely N-dealkylation sites (N-methyl/N-ethyl adjacent to an activating group) is 1. The lowest BCUT2D eigenvalue weighted by atomic mass is 9.76. The van der Waals surface area contributed by atoms with Crippen molar-refractivity contribution < 1.29 is 9.53 Å². The number of likely N-dealkylation sites (tertiary alicyclic amines) is 2. The number of carbonyl (C=O) groups is 1. The molecule has 1 spiro atoms. The second-order valence-electron chi connectivity index (χ2n) is 8.35. The smallest absolute Gasteiger partial charge is 0.225 e. The molecule has 1 unspecified atom stereocenters. The number of piperidine rings is 1. The standard InChI is InChI=1S/C18H30N2O2/c1-19-13-18(10-16(19)12-22-11-14-2-3-14)6-8-20(9-7-18)17(21)15-4-5-15/h14-16H,2-13H2,1H3. The molecule has 1 atom stereocenters. The molecule has 2 saturated carbocycles. The first kappa shape index (κ1) is 14.9. The second kappa shape index (κ2) is 5.79. The third kappa shape index (κ3) is 3.18. The average molecular weight is 306 g/mol. The minimum Gasteiger partial charge on any atom is -0.380 e. The van der Waals surface area contributed by atoms with Crippen LogP contribution in [0.4, 0.5) is 0 Å². The van der Waals surface area contributed by atoms with Crippen molar-refractivity contribution in [1.82, 2.24) is 9.80 Å². The number of ether oxygens (including phenoxy) is 1. The van der Waals surface area contributed by atoms with Gasteiger partial charge in [0.15, 0.2) is 0 Å². The summed E-state index contributed by atoms with van der Waals surface area (Å²) in [5.74, 6) is 1.67. The molecule has 0 aromatic carbocycles. The van der Waals surface area contributed by atoms with Crippen LogP contribution >= 0.6 is 0 Å². The molecule has 2 aliphatic heterocycles. The monoisotopic (exact) mass is 306 g/mol. The van der Waals surface area contributed by atoms with E-state index in [-0.39, 0.29) is 0 Å². The van der Waals surface area contributed by atoms with Gasteiger partial charge in [0.25, 0.3) is 0 Å². The molecule has 0 bridgehead atoms. The van der Waals surface area contributed by atoms with Gasteiger partial charge in [0, 0.05) is 38.2 Å². The zero-order valence-electron chi connectivity index (χ0n) is 13.9. The Balaban J connectivity index is 1.26. The zero-order chi connectivity index (χ0) is 15.2. The molecule has 124 valence electrons. The number of amides is 1. The first-order valence-corrected chi connectivity index (χ1v) is 9.22. The van der Waals surface area contributed by atoms with E-state index in [0.29, 0.717) is 23.3 Å². The van der Waals surface area contributed by atoms with Gasteiger partial charge in [-0.15, -0.1) is 0 Å². The Bertz CT molecular complexity index is 423. The lowest BCUT2D eigenvalue weighted by molar-refractivity contribution is -0.134. The van der Waals surface area contributed by atoms with Crippen molar-refractivity contribution in [1.29, 1.82) is 0 Å². The van der Waals surface area contributed by atoms with Crippen molar-refractivity contribution in [2.45, 2.75) is 51.0 Å². The predicted octanol–water partition coefficient (Wildman–Crippen LogP) is 2.14. The SMILES string of the molecule is CN1CC2(CCN(C(=O)C3CC3)CC2)CC1COCC1CC1. The molecule has 0 radical (unpaired) electrons. The molecule has 2 heterocycles. The number of nitrogens with zero attached hydrogens (tertiary/aromatic N) is 2. The number of carbonyl (C=O) groups excluding carboxylic acids is 1. The maximum atomic E-state index is 12.2. The summed E-state index contributed by atoms with van der Waals surface area (Å²) in [5, 5.41) is 0. The van der Waals surface area contributed by atoms with E-state index >= 15 is 0 Å². The second-order valence-corrected chi connectivity index (χ2v) is 8.35. The van der Waals surface area contributed by atoms with Gasteiger partial charge in [0.05, 0.1) is 6.61 Å². The molecule has 1 amide bonds. The van der Waals surface area contributed by atoms with Crippen LogP contribution in [0, 0.1) is 17.3 Å². The molecule has 0 aromatic heterocycles. The van der Waals surface area contributed by atoms with Crippen LogP contribution in [0.2, 0.25) is 0 Å². The molecule has 0 N–H and O–H groups in total. The molecular weight excluding hydrogens is 276 g/mol. The van der Waals surface area contributed by atoms with Crippen molar-refractivity contribution in [2.24, 2.45) is 17.3 Å². The Morgan fingerprint density at radius 1 is 1.14 bits per heavy atom. The van der Waals surface area contributed by atoms with Crippen LogP contribution in [-0.4, -0.2) is 61.6 Å². The van der Waals surface area contributed by atoms with Gasteiger partial charge in [0.2, 0.25) is 5.91 Å². The van der Waals surface area contributed by atoms with Crippen molar-refractivity contribution in [3.8, 4) is 0 Å². The van der Waals surface area contributed by atoms with Gasteiger partial charge in [-0.1, -0.05) is 0 Å². The number of hydrogen-bond acceptors (Lipinski definition) is 3. The minimum absolute atomic E-state index is 0.379. The van der Waals surface area contributed by atoms with E-state index < -0.39 is 0 Å². The molecule has 2 aliphatic carbocycles. The topological polar surface area (TPSA) is 32.8 Å². The number of rotatable bonds is 5.